The number of ether oxygens (including phenoxy) is 8. The third-order valence-electron chi connectivity index (χ3n) is 6.54. The predicted octanol–water partition coefficient (Wildman–Crippen LogP) is 4.94. The molecule has 0 amide bonds. The second kappa shape index (κ2) is 11.4. The van der Waals surface area contributed by atoms with Crippen LogP contribution in [0.15, 0.2) is 48.5 Å². The average molecular weight is 525 g/mol. The molecule has 0 spiro atoms. The summed E-state index contributed by atoms with van der Waals surface area (Å²) in [5.41, 5.74) is 2.18. The largest absolute Gasteiger partial charge is 0.497 e. The Hall–Kier alpha value is -4.27. The van der Waals surface area contributed by atoms with Gasteiger partial charge in [0.15, 0.2) is 23.7 Å². The first-order chi connectivity index (χ1) is 18.4. The Morgan fingerprint density at radius 1 is 0.684 bits per heavy atom. The summed E-state index contributed by atoms with van der Waals surface area (Å²) in [4.78, 5) is 12.5. The molecule has 3 atom stereocenters. The van der Waals surface area contributed by atoms with E-state index in [2.05, 4.69) is 0 Å². The van der Waals surface area contributed by atoms with Gasteiger partial charge in [-0.25, -0.2) is 0 Å². The number of rotatable bonds is 9. The highest BCUT2D eigenvalue weighted by Gasteiger charge is 2.46. The van der Waals surface area contributed by atoms with Gasteiger partial charge in [-0.2, -0.15) is 0 Å². The second-order valence-corrected chi connectivity index (χ2v) is 8.55. The van der Waals surface area contributed by atoms with Crippen LogP contribution in [-0.4, -0.2) is 54.7 Å². The number of hydrogen-bond acceptors (Lipinski definition) is 9. The van der Waals surface area contributed by atoms with Crippen LogP contribution in [0.25, 0.3) is 0 Å². The highest BCUT2D eigenvalue weighted by Crippen LogP contribution is 2.54. The van der Waals surface area contributed by atoms with Gasteiger partial charge in [-0.05, 0) is 18.2 Å². The number of benzene rings is 3. The van der Waals surface area contributed by atoms with Crippen LogP contribution in [0.1, 0.15) is 35.6 Å². The van der Waals surface area contributed by atoms with Gasteiger partial charge in [0.05, 0.1) is 48.6 Å². The molecule has 0 unspecified atom stereocenters. The van der Waals surface area contributed by atoms with Crippen molar-refractivity contribution in [1.29, 1.82) is 0 Å². The summed E-state index contributed by atoms with van der Waals surface area (Å²) in [5, 5.41) is 0. The first-order valence-corrected chi connectivity index (χ1v) is 11.9. The summed E-state index contributed by atoms with van der Waals surface area (Å²) in [5.74, 6) is 2.86. The summed E-state index contributed by atoms with van der Waals surface area (Å²) in [6, 6.07) is 14.5. The quantitative estimate of drug-likeness (QED) is 0.361. The third kappa shape index (κ3) is 4.96. The van der Waals surface area contributed by atoms with Gasteiger partial charge in [-0.3, -0.25) is 4.79 Å². The summed E-state index contributed by atoms with van der Waals surface area (Å²) in [6.07, 6.45) is -1.53. The lowest BCUT2D eigenvalue weighted by Crippen LogP contribution is -2.38. The number of hydrogen-bond donors (Lipinski definition) is 0. The molecule has 0 aromatic heterocycles. The molecular formula is C29H32O9. The zero-order chi connectivity index (χ0) is 27.4. The molecule has 0 N–H and O–H groups in total. The molecule has 0 aliphatic carbocycles. The van der Waals surface area contributed by atoms with Crippen LogP contribution in [0.4, 0.5) is 0 Å². The second-order valence-electron chi connectivity index (χ2n) is 8.55. The number of esters is 1. The van der Waals surface area contributed by atoms with E-state index >= 15 is 0 Å². The van der Waals surface area contributed by atoms with Gasteiger partial charge in [0.1, 0.15) is 28.7 Å². The van der Waals surface area contributed by atoms with E-state index in [1.807, 2.05) is 24.3 Å². The van der Waals surface area contributed by atoms with Crippen molar-refractivity contribution in [1.82, 2.24) is 0 Å². The van der Waals surface area contributed by atoms with E-state index in [0.717, 1.165) is 11.1 Å². The molecular weight excluding hydrogens is 492 g/mol. The zero-order valence-corrected chi connectivity index (χ0v) is 22.5. The van der Waals surface area contributed by atoms with Gasteiger partial charge >= 0.3 is 5.97 Å². The summed E-state index contributed by atoms with van der Waals surface area (Å²) in [7, 11) is 9.43. The topological polar surface area (TPSA) is 90.9 Å². The van der Waals surface area contributed by atoms with Crippen LogP contribution in [-0.2, 0) is 9.53 Å². The normalized spacial score (nSPS) is 17.9. The first-order valence-electron chi connectivity index (χ1n) is 11.9. The Morgan fingerprint density at radius 2 is 1.34 bits per heavy atom. The molecule has 0 radical (unpaired) electrons. The molecule has 0 bridgehead atoms. The number of methoxy groups -OCH3 is 6. The van der Waals surface area contributed by atoms with Crippen molar-refractivity contribution in [3.05, 3.63) is 65.2 Å². The van der Waals surface area contributed by atoms with Crippen LogP contribution in [0, 0.1) is 0 Å². The number of carbonyl (C=O) groups excluding carboxylic acids is 1. The molecule has 4 rings (SSSR count). The highest BCUT2D eigenvalue weighted by molar-refractivity contribution is 5.68. The van der Waals surface area contributed by atoms with Crippen molar-refractivity contribution in [2.75, 3.05) is 42.7 Å². The van der Waals surface area contributed by atoms with E-state index in [9.17, 15) is 4.79 Å². The molecule has 1 aliphatic rings. The smallest absolute Gasteiger partial charge is 0.303 e. The van der Waals surface area contributed by atoms with Crippen LogP contribution in [0.2, 0.25) is 0 Å². The standard InChI is InChI=1S/C29H32O9/c1-16(30)37-29-26(20-10-9-18(31-2)13-22(20)34-5)27-24(36-7)14-19(32-3)15-25(27)38-28(29)17-8-11-21(33-4)23(12-17)35-6/h8-15,26,28-29H,1-7H3/t26-,28-,29+/m1/s1. The molecule has 38 heavy (non-hydrogen) atoms. The lowest BCUT2D eigenvalue weighted by Gasteiger charge is -2.40. The van der Waals surface area contributed by atoms with Gasteiger partial charge in [-0.15, -0.1) is 0 Å². The molecule has 1 aliphatic heterocycles. The van der Waals surface area contributed by atoms with Gasteiger partial charge in [0.25, 0.3) is 0 Å². The predicted molar refractivity (Wildman–Crippen MR) is 139 cm³/mol. The van der Waals surface area contributed by atoms with E-state index in [-0.39, 0.29) is 0 Å². The summed E-state index contributed by atoms with van der Waals surface area (Å²) < 4.78 is 46.0. The molecule has 0 saturated carbocycles. The van der Waals surface area contributed by atoms with Gasteiger partial charge in [0.2, 0.25) is 0 Å². The Balaban J connectivity index is 2.01. The van der Waals surface area contributed by atoms with Gasteiger partial charge < -0.3 is 37.9 Å². The molecule has 9 heteroatoms. The minimum Gasteiger partial charge on any atom is -0.497 e. The molecule has 3 aromatic rings. The molecule has 9 nitrogen and oxygen atoms in total. The minimum atomic E-state index is -0.803. The zero-order valence-electron chi connectivity index (χ0n) is 22.5. The van der Waals surface area contributed by atoms with Crippen molar-refractivity contribution in [3.8, 4) is 40.2 Å². The Bertz CT molecular complexity index is 1300. The SMILES string of the molecule is COc1ccc([C@@H]2c3c(OC)cc(OC)cc3O[C@H](c3ccc(OC)c(OC)c3)[C@H]2OC(C)=O)c(OC)c1. The maximum Gasteiger partial charge on any atom is 0.303 e. The molecule has 0 saturated heterocycles. The Morgan fingerprint density at radius 3 is 1.95 bits per heavy atom. The van der Waals surface area contributed by atoms with Crippen molar-refractivity contribution in [3.63, 3.8) is 0 Å². The molecule has 0 fully saturated rings. The molecule has 202 valence electrons. The lowest BCUT2D eigenvalue weighted by molar-refractivity contribution is -0.153. The lowest BCUT2D eigenvalue weighted by atomic mass is 9.79. The van der Waals surface area contributed by atoms with Crippen molar-refractivity contribution in [2.45, 2.75) is 25.0 Å². The monoisotopic (exact) mass is 524 g/mol. The van der Waals surface area contributed by atoms with Crippen LogP contribution >= 0.6 is 0 Å². The number of carbonyl (C=O) groups is 1. The highest BCUT2D eigenvalue weighted by atomic mass is 16.6. The maximum absolute atomic E-state index is 12.5. The van der Waals surface area contributed by atoms with E-state index in [4.69, 9.17) is 37.9 Å². The average Bonchev–Trinajstić information content (AvgIpc) is 2.95. The Kier molecular flexibility index (Phi) is 8.05. The fourth-order valence-electron chi connectivity index (χ4n) is 4.83. The fraction of sp³-hybridized carbons (Fsp3) is 0.345. The fourth-order valence-corrected chi connectivity index (χ4v) is 4.83. The minimum absolute atomic E-state index is 0.461. The van der Waals surface area contributed by atoms with Crippen LogP contribution in [0.3, 0.4) is 0 Å². The van der Waals surface area contributed by atoms with Gasteiger partial charge in [0, 0.05) is 41.8 Å². The van der Waals surface area contributed by atoms with Crippen molar-refractivity contribution in [2.24, 2.45) is 0 Å². The van der Waals surface area contributed by atoms with Crippen LogP contribution in [0.5, 0.6) is 40.2 Å². The van der Waals surface area contributed by atoms with E-state index < -0.39 is 24.1 Å². The van der Waals surface area contributed by atoms with E-state index in [0.29, 0.717) is 45.8 Å². The Labute approximate surface area is 222 Å². The molecule has 3 aromatic carbocycles. The summed E-state index contributed by atoms with van der Waals surface area (Å²) in [6.45, 7) is 1.37. The van der Waals surface area contributed by atoms with Crippen molar-refractivity contribution < 1.29 is 42.7 Å². The number of fused-ring (bicyclic) bond motifs is 1. The van der Waals surface area contributed by atoms with E-state index in [1.165, 1.54) is 6.92 Å². The van der Waals surface area contributed by atoms with Gasteiger partial charge in [-0.1, -0.05) is 12.1 Å². The van der Waals surface area contributed by atoms with Crippen molar-refractivity contribution >= 4 is 5.97 Å². The third-order valence-corrected chi connectivity index (χ3v) is 6.54. The first kappa shape index (κ1) is 26.8. The summed E-state index contributed by atoms with van der Waals surface area (Å²) >= 11 is 0. The maximum atomic E-state index is 12.5. The molecule has 1 heterocycles. The van der Waals surface area contributed by atoms with E-state index in [1.54, 1.807) is 66.9 Å². The van der Waals surface area contributed by atoms with Crippen LogP contribution < -0.4 is 33.2 Å².